The van der Waals surface area contributed by atoms with Crippen LogP contribution in [0.15, 0.2) is 47.6 Å². The van der Waals surface area contributed by atoms with E-state index in [0.29, 0.717) is 5.56 Å². The van der Waals surface area contributed by atoms with Crippen molar-refractivity contribution in [1.82, 2.24) is 9.71 Å². The van der Waals surface area contributed by atoms with Crippen LogP contribution in [-0.4, -0.2) is 13.4 Å². The molecule has 0 spiro atoms. The Bertz CT molecular complexity index is 708. The number of rotatable bonds is 4. The highest BCUT2D eigenvalue weighted by atomic mass is 35.5. The van der Waals surface area contributed by atoms with Crippen LogP contribution in [0.25, 0.3) is 0 Å². The van der Waals surface area contributed by atoms with Gasteiger partial charge in [0.05, 0.1) is 5.02 Å². The second-order valence-corrected chi connectivity index (χ2v) is 6.29. The molecule has 106 valence electrons. The van der Waals surface area contributed by atoms with Crippen LogP contribution in [0.3, 0.4) is 0 Å². The third-order valence-electron chi connectivity index (χ3n) is 2.70. The zero-order chi connectivity index (χ0) is 14.8. The number of sulfonamides is 1. The van der Waals surface area contributed by atoms with Crippen molar-refractivity contribution in [3.8, 4) is 0 Å². The molecular weight excluding hydrogens is 303 g/mol. The molecular formula is C13H12ClFN2O2S. The monoisotopic (exact) mass is 314 g/mol. The summed E-state index contributed by atoms with van der Waals surface area (Å²) in [6, 6.07) is 6.14. The molecule has 0 radical (unpaired) electrons. The summed E-state index contributed by atoms with van der Waals surface area (Å²) in [7, 11) is -3.83. The smallest absolute Gasteiger partial charge is 0.242 e. The summed E-state index contributed by atoms with van der Waals surface area (Å²) < 4.78 is 39.8. The van der Waals surface area contributed by atoms with E-state index in [-0.39, 0.29) is 9.92 Å². The third kappa shape index (κ3) is 3.33. The lowest BCUT2D eigenvalue weighted by molar-refractivity contribution is 0.566. The maximum absolute atomic E-state index is 13.0. The summed E-state index contributed by atoms with van der Waals surface area (Å²) in [6.07, 6.45) is 3.17. The molecule has 0 aliphatic rings. The Morgan fingerprint density at radius 2 is 2.10 bits per heavy atom. The van der Waals surface area contributed by atoms with Gasteiger partial charge >= 0.3 is 0 Å². The van der Waals surface area contributed by atoms with Crippen molar-refractivity contribution in [2.75, 3.05) is 0 Å². The molecule has 0 aliphatic carbocycles. The predicted molar refractivity (Wildman–Crippen MR) is 74.4 cm³/mol. The highest BCUT2D eigenvalue weighted by Crippen LogP contribution is 2.24. The molecule has 0 unspecified atom stereocenters. The molecule has 2 aromatic rings. The summed E-state index contributed by atoms with van der Waals surface area (Å²) in [5.41, 5.74) is 0.717. The van der Waals surface area contributed by atoms with E-state index in [0.717, 1.165) is 18.2 Å². The SMILES string of the molecule is C[C@H](NS(=O)(=O)c1ccc(F)cc1Cl)c1cccnc1. The van der Waals surface area contributed by atoms with E-state index >= 15 is 0 Å². The van der Waals surface area contributed by atoms with Gasteiger partial charge in [0.2, 0.25) is 10.0 Å². The van der Waals surface area contributed by atoms with Crippen molar-refractivity contribution in [1.29, 1.82) is 0 Å². The molecule has 0 aliphatic heterocycles. The van der Waals surface area contributed by atoms with E-state index in [4.69, 9.17) is 11.6 Å². The Hall–Kier alpha value is -1.50. The highest BCUT2D eigenvalue weighted by Gasteiger charge is 2.21. The van der Waals surface area contributed by atoms with Crippen LogP contribution in [0.5, 0.6) is 0 Å². The van der Waals surface area contributed by atoms with Crippen molar-refractivity contribution in [2.45, 2.75) is 17.9 Å². The highest BCUT2D eigenvalue weighted by molar-refractivity contribution is 7.89. The maximum Gasteiger partial charge on any atom is 0.242 e. The molecule has 1 N–H and O–H groups in total. The van der Waals surface area contributed by atoms with Gasteiger partial charge in [0.1, 0.15) is 10.7 Å². The first-order valence-electron chi connectivity index (χ1n) is 5.77. The molecule has 0 amide bonds. The van der Waals surface area contributed by atoms with Crippen LogP contribution >= 0.6 is 11.6 Å². The van der Waals surface area contributed by atoms with Crippen molar-refractivity contribution in [3.63, 3.8) is 0 Å². The number of pyridine rings is 1. The first kappa shape index (κ1) is 14.9. The van der Waals surface area contributed by atoms with E-state index in [1.165, 1.54) is 0 Å². The minimum Gasteiger partial charge on any atom is -0.264 e. The Balaban J connectivity index is 2.28. The van der Waals surface area contributed by atoms with Gasteiger partial charge in [-0.1, -0.05) is 17.7 Å². The fourth-order valence-electron chi connectivity index (χ4n) is 1.69. The van der Waals surface area contributed by atoms with E-state index in [1.807, 2.05) is 0 Å². The van der Waals surface area contributed by atoms with E-state index in [2.05, 4.69) is 9.71 Å². The largest absolute Gasteiger partial charge is 0.264 e. The summed E-state index contributed by atoms with van der Waals surface area (Å²) in [6.45, 7) is 1.69. The van der Waals surface area contributed by atoms with Crippen molar-refractivity contribution in [3.05, 3.63) is 59.1 Å². The van der Waals surface area contributed by atoms with Crippen molar-refractivity contribution in [2.24, 2.45) is 0 Å². The van der Waals surface area contributed by atoms with Gasteiger partial charge in [-0.05, 0) is 36.8 Å². The first-order valence-corrected chi connectivity index (χ1v) is 7.63. The Morgan fingerprint density at radius 1 is 1.35 bits per heavy atom. The minimum atomic E-state index is -3.83. The number of benzene rings is 1. The van der Waals surface area contributed by atoms with Gasteiger partial charge < -0.3 is 0 Å². The lowest BCUT2D eigenvalue weighted by atomic mass is 10.2. The van der Waals surface area contributed by atoms with Crippen molar-refractivity contribution < 1.29 is 12.8 Å². The number of halogens is 2. The Kier molecular flexibility index (Phi) is 4.37. The van der Waals surface area contributed by atoms with Crippen LogP contribution in [0, 0.1) is 5.82 Å². The maximum atomic E-state index is 13.0. The van der Waals surface area contributed by atoms with Crippen LogP contribution in [0.2, 0.25) is 5.02 Å². The number of hydrogen-bond donors (Lipinski definition) is 1. The Morgan fingerprint density at radius 3 is 2.70 bits per heavy atom. The van der Waals surface area contributed by atoms with Gasteiger partial charge in [0, 0.05) is 18.4 Å². The molecule has 1 heterocycles. The van der Waals surface area contributed by atoms with Gasteiger partial charge in [-0.25, -0.2) is 17.5 Å². The number of hydrogen-bond acceptors (Lipinski definition) is 3. The third-order valence-corrected chi connectivity index (χ3v) is 4.72. The van der Waals surface area contributed by atoms with Gasteiger partial charge in [-0.3, -0.25) is 4.98 Å². The summed E-state index contributed by atoms with van der Waals surface area (Å²) in [5.74, 6) is -0.589. The molecule has 7 heteroatoms. The number of aromatic nitrogens is 1. The molecule has 0 saturated carbocycles. The summed E-state index contributed by atoms with van der Waals surface area (Å²) >= 11 is 5.77. The molecule has 1 aromatic heterocycles. The van der Waals surface area contributed by atoms with Gasteiger partial charge in [0.15, 0.2) is 0 Å². The number of nitrogens with one attached hydrogen (secondary N) is 1. The minimum absolute atomic E-state index is 0.156. The van der Waals surface area contributed by atoms with Crippen LogP contribution < -0.4 is 4.72 Å². The van der Waals surface area contributed by atoms with E-state index < -0.39 is 21.9 Å². The normalized spacial score (nSPS) is 13.2. The average Bonchev–Trinajstić information content (AvgIpc) is 2.38. The van der Waals surface area contributed by atoms with E-state index in [9.17, 15) is 12.8 Å². The zero-order valence-corrected chi connectivity index (χ0v) is 12.1. The fourth-order valence-corrected chi connectivity index (χ4v) is 3.45. The van der Waals surface area contributed by atoms with Gasteiger partial charge in [-0.2, -0.15) is 0 Å². The topological polar surface area (TPSA) is 59.1 Å². The average molecular weight is 315 g/mol. The lowest BCUT2D eigenvalue weighted by Crippen LogP contribution is -2.27. The molecule has 2 rings (SSSR count). The molecule has 1 atom stereocenters. The molecule has 20 heavy (non-hydrogen) atoms. The first-order chi connectivity index (χ1) is 9.40. The summed E-state index contributed by atoms with van der Waals surface area (Å²) in [4.78, 5) is 3.77. The van der Waals surface area contributed by atoms with Crippen molar-refractivity contribution >= 4 is 21.6 Å². The molecule has 0 fully saturated rings. The fraction of sp³-hybridized carbons (Fsp3) is 0.154. The van der Waals surface area contributed by atoms with Crippen LogP contribution in [0.1, 0.15) is 18.5 Å². The van der Waals surface area contributed by atoms with Gasteiger partial charge in [-0.15, -0.1) is 0 Å². The standard InChI is InChI=1S/C13H12ClFN2O2S/c1-9(10-3-2-6-16-8-10)17-20(18,19)13-5-4-11(15)7-12(13)14/h2-9,17H,1H3/t9-/m0/s1. The summed E-state index contributed by atoms with van der Waals surface area (Å²) in [5, 5.41) is -0.157. The van der Waals surface area contributed by atoms with E-state index in [1.54, 1.807) is 31.5 Å². The van der Waals surface area contributed by atoms with Crippen LogP contribution in [-0.2, 0) is 10.0 Å². The second kappa shape index (κ2) is 5.87. The quantitative estimate of drug-likeness (QED) is 0.944. The molecule has 0 bridgehead atoms. The predicted octanol–water partition coefficient (Wildman–Crippen LogP) is 2.91. The molecule has 1 aromatic carbocycles. The van der Waals surface area contributed by atoms with Crippen LogP contribution in [0.4, 0.5) is 4.39 Å². The Labute approximate surface area is 121 Å². The zero-order valence-electron chi connectivity index (χ0n) is 10.5. The number of nitrogens with zero attached hydrogens (tertiary/aromatic N) is 1. The molecule has 0 saturated heterocycles. The lowest BCUT2D eigenvalue weighted by Gasteiger charge is -2.15. The second-order valence-electron chi connectivity index (χ2n) is 4.20. The van der Waals surface area contributed by atoms with Gasteiger partial charge in [0.25, 0.3) is 0 Å². The molecule has 4 nitrogen and oxygen atoms in total.